The van der Waals surface area contributed by atoms with Gasteiger partial charge in [0.05, 0.1) is 0 Å². The highest BCUT2D eigenvalue weighted by Gasteiger charge is 2.25. The van der Waals surface area contributed by atoms with Crippen molar-refractivity contribution in [3.05, 3.63) is 30.3 Å². The van der Waals surface area contributed by atoms with E-state index in [4.69, 9.17) is 0 Å². The lowest BCUT2D eigenvalue weighted by Gasteiger charge is -2.35. The minimum absolute atomic E-state index is 0.0244. The van der Waals surface area contributed by atoms with E-state index in [-0.39, 0.29) is 6.03 Å². The van der Waals surface area contributed by atoms with Gasteiger partial charge >= 0.3 is 6.03 Å². The summed E-state index contributed by atoms with van der Waals surface area (Å²) < 4.78 is 0. The number of piperidine rings is 1. The van der Waals surface area contributed by atoms with Gasteiger partial charge in [-0.25, -0.2) is 4.79 Å². The molecule has 1 heterocycles. The van der Waals surface area contributed by atoms with Crippen LogP contribution in [0, 0.1) is 5.92 Å². The van der Waals surface area contributed by atoms with Gasteiger partial charge in [-0.15, -0.1) is 0 Å². The molecule has 2 amide bonds. The molecular weight excluding hydrogens is 262 g/mol. The summed E-state index contributed by atoms with van der Waals surface area (Å²) in [5.74, 6) is 0.874. The molecule has 1 aliphatic heterocycles. The van der Waals surface area contributed by atoms with Crippen LogP contribution in [0.1, 0.15) is 32.1 Å². The van der Waals surface area contributed by atoms with Crippen molar-refractivity contribution < 1.29 is 4.79 Å². The van der Waals surface area contributed by atoms with E-state index in [2.05, 4.69) is 10.6 Å². The van der Waals surface area contributed by atoms with Gasteiger partial charge in [0.1, 0.15) is 0 Å². The molecule has 1 aromatic carbocycles. The Hall–Kier alpha value is -1.55. The minimum atomic E-state index is 0.0244. The summed E-state index contributed by atoms with van der Waals surface area (Å²) in [5, 5.41) is 6.63. The lowest BCUT2D eigenvalue weighted by Crippen LogP contribution is -2.50. The first-order valence-electron chi connectivity index (χ1n) is 8.15. The Morgan fingerprint density at radius 1 is 1.14 bits per heavy atom. The minimum Gasteiger partial charge on any atom is -0.323 e. The van der Waals surface area contributed by atoms with Gasteiger partial charge in [0.2, 0.25) is 0 Å². The van der Waals surface area contributed by atoms with Crippen LogP contribution >= 0.6 is 0 Å². The smallest absolute Gasteiger partial charge is 0.321 e. The highest BCUT2D eigenvalue weighted by atomic mass is 16.2. The summed E-state index contributed by atoms with van der Waals surface area (Å²) in [6, 6.07) is 10.2. The SMILES string of the molecule is O=C(Nc1ccccc1)N1CCCC(NCC2CCC2)C1. The van der Waals surface area contributed by atoms with Gasteiger partial charge in [0.25, 0.3) is 0 Å². The van der Waals surface area contributed by atoms with E-state index in [9.17, 15) is 4.79 Å². The average molecular weight is 287 g/mol. The van der Waals surface area contributed by atoms with Crippen molar-refractivity contribution in [1.82, 2.24) is 10.2 Å². The highest BCUT2D eigenvalue weighted by molar-refractivity contribution is 5.89. The first kappa shape index (κ1) is 14.4. The Morgan fingerprint density at radius 3 is 2.67 bits per heavy atom. The predicted octanol–water partition coefficient (Wildman–Crippen LogP) is 3.07. The van der Waals surface area contributed by atoms with Crippen LogP contribution < -0.4 is 10.6 Å². The Labute approximate surface area is 126 Å². The Kier molecular flexibility index (Phi) is 4.76. The maximum atomic E-state index is 12.3. The van der Waals surface area contributed by atoms with Crippen molar-refractivity contribution in [1.29, 1.82) is 0 Å². The number of hydrogen-bond acceptors (Lipinski definition) is 2. The first-order chi connectivity index (χ1) is 10.3. The maximum absolute atomic E-state index is 12.3. The molecule has 0 aromatic heterocycles. The second kappa shape index (κ2) is 6.94. The molecule has 1 saturated carbocycles. The summed E-state index contributed by atoms with van der Waals surface area (Å²) in [5.41, 5.74) is 0.868. The van der Waals surface area contributed by atoms with Gasteiger partial charge in [-0.3, -0.25) is 0 Å². The topological polar surface area (TPSA) is 44.4 Å². The standard InChI is InChI=1S/C17H25N3O/c21-17(19-15-8-2-1-3-9-15)20-11-5-10-16(13-20)18-12-14-6-4-7-14/h1-3,8-9,14,16,18H,4-7,10-13H2,(H,19,21). The lowest BCUT2D eigenvalue weighted by molar-refractivity contribution is 0.180. The van der Waals surface area contributed by atoms with Crippen LogP contribution in [0.3, 0.4) is 0 Å². The number of benzene rings is 1. The molecule has 1 saturated heterocycles. The van der Waals surface area contributed by atoms with Crippen LogP contribution in [0.15, 0.2) is 30.3 Å². The van der Waals surface area contributed by atoms with Gasteiger partial charge in [0, 0.05) is 24.8 Å². The van der Waals surface area contributed by atoms with E-state index in [1.54, 1.807) is 0 Å². The van der Waals surface area contributed by atoms with Crippen LogP contribution in [-0.2, 0) is 0 Å². The molecule has 1 aliphatic carbocycles. The third kappa shape index (κ3) is 3.97. The molecule has 1 unspecified atom stereocenters. The fourth-order valence-electron chi connectivity index (χ4n) is 3.08. The van der Waals surface area contributed by atoms with Crippen molar-refractivity contribution in [3.8, 4) is 0 Å². The molecule has 2 N–H and O–H groups in total. The van der Waals surface area contributed by atoms with Gasteiger partial charge in [-0.1, -0.05) is 24.6 Å². The Morgan fingerprint density at radius 2 is 1.95 bits per heavy atom. The summed E-state index contributed by atoms with van der Waals surface area (Å²) >= 11 is 0. The zero-order valence-electron chi connectivity index (χ0n) is 12.6. The number of nitrogens with one attached hydrogen (secondary N) is 2. The quantitative estimate of drug-likeness (QED) is 0.894. The van der Waals surface area contributed by atoms with Gasteiger partial charge in [0.15, 0.2) is 0 Å². The van der Waals surface area contributed by atoms with E-state index in [1.807, 2.05) is 35.2 Å². The molecule has 21 heavy (non-hydrogen) atoms. The van der Waals surface area contributed by atoms with Gasteiger partial charge < -0.3 is 15.5 Å². The van der Waals surface area contributed by atoms with Gasteiger partial charge in [-0.2, -0.15) is 0 Å². The molecule has 2 aliphatic rings. The Balaban J connectivity index is 1.46. The monoisotopic (exact) mass is 287 g/mol. The molecule has 1 aromatic rings. The maximum Gasteiger partial charge on any atom is 0.321 e. The highest BCUT2D eigenvalue weighted by Crippen LogP contribution is 2.25. The molecule has 114 valence electrons. The van der Waals surface area contributed by atoms with Crippen LogP contribution in [-0.4, -0.2) is 36.6 Å². The van der Waals surface area contributed by atoms with Crippen molar-refractivity contribution in [2.75, 3.05) is 25.0 Å². The number of amides is 2. The molecule has 0 radical (unpaired) electrons. The molecular formula is C17H25N3O. The summed E-state index contributed by atoms with van der Waals surface area (Å²) in [4.78, 5) is 14.2. The zero-order chi connectivity index (χ0) is 14.5. The van der Waals surface area contributed by atoms with Crippen molar-refractivity contribution in [2.45, 2.75) is 38.1 Å². The number of anilines is 1. The normalized spacial score (nSPS) is 22.7. The number of likely N-dealkylation sites (tertiary alicyclic amines) is 1. The predicted molar refractivity (Wildman–Crippen MR) is 85.4 cm³/mol. The molecule has 2 fully saturated rings. The number of nitrogens with zero attached hydrogens (tertiary/aromatic N) is 1. The van der Waals surface area contributed by atoms with Gasteiger partial charge in [-0.05, 0) is 50.3 Å². The van der Waals surface area contributed by atoms with Crippen LogP contribution in [0.4, 0.5) is 10.5 Å². The van der Waals surface area contributed by atoms with Crippen LogP contribution in [0.5, 0.6) is 0 Å². The molecule has 0 bridgehead atoms. The average Bonchev–Trinajstić information content (AvgIpc) is 2.47. The van der Waals surface area contributed by atoms with Crippen molar-refractivity contribution >= 4 is 11.7 Å². The van der Waals surface area contributed by atoms with E-state index < -0.39 is 0 Å². The first-order valence-corrected chi connectivity index (χ1v) is 8.15. The largest absolute Gasteiger partial charge is 0.323 e. The number of urea groups is 1. The number of carbonyl (C=O) groups is 1. The molecule has 0 spiro atoms. The fourth-order valence-corrected chi connectivity index (χ4v) is 3.08. The third-order valence-electron chi connectivity index (χ3n) is 4.65. The number of rotatable bonds is 4. The lowest BCUT2D eigenvalue weighted by atomic mass is 9.85. The fraction of sp³-hybridized carbons (Fsp3) is 0.588. The molecule has 3 rings (SSSR count). The second-order valence-corrected chi connectivity index (χ2v) is 6.29. The van der Waals surface area contributed by atoms with Crippen LogP contribution in [0.2, 0.25) is 0 Å². The number of hydrogen-bond donors (Lipinski definition) is 2. The second-order valence-electron chi connectivity index (χ2n) is 6.29. The van der Waals surface area contributed by atoms with Crippen LogP contribution in [0.25, 0.3) is 0 Å². The Bertz CT molecular complexity index is 458. The summed E-state index contributed by atoms with van der Waals surface area (Å²) in [6.07, 6.45) is 6.41. The number of para-hydroxylation sites is 1. The molecule has 4 nitrogen and oxygen atoms in total. The zero-order valence-corrected chi connectivity index (χ0v) is 12.6. The van der Waals surface area contributed by atoms with E-state index in [1.165, 1.54) is 25.7 Å². The van der Waals surface area contributed by atoms with Crippen molar-refractivity contribution in [2.24, 2.45) is 5.92 Å². The third-order valence-corrected chi connectivity index (χ3v) is 4.65. The number of carbonyl (C=O) groups excluding carboxylic acids is 1. The summed E-state index contributed by atoms with van der Waals surface area (Å²) in [6.45, 7) is 2.81. The van der Waals surface area contributed by atoms with E-state index in [0.29, 0.717) is 6.04 Å². The van der Waals surface area contributed by atoms with E-state index in [0.717, 1.165) is 37.7 Å². The summed E-state index contributed by atoms with van der Waals surface area (Å²) in [7, 11) is 0. The molecule has 4 heteroatoms. The molecule has 1 atom stereocenters. The van der Waals surface area contributed by atoms with Crippen molar-refractivity contribution in [3.63, 3.8) is 0 Å². The van der Waals surface area contributed by atoms with E-state index >= 15 is 0 Å².